The molecule has 0 fully saturated rings. The van der Waals surface area contributed by atoms with E-state index in [2.05, 4.69) is 4.98 Å². The van der Waals surface area contributed by atoms with E-state index in [9.17, 15) is 9.90 Å². The summed E-state index contributed by atoms with van der Waals surface area (Å²) in [5.74, 6) is -0.0663. The third-order valence-corrected chi connectivity index (χ3v) is 3.97. The lowest BCUT2D eigenvalue weighted by molar-refractivity contribution is 0.0693. The molecule has 2 aromatic rings. The number of carboxylic acid groups (broad SMARTS) is 1. The van der Waals surface area contributed by atoms with Crippen LogP contribution in [0.3, 0.4) is 0 Å². The summed E-state index contributed by atoms with van der Waals surface area (Å²) in [4.78, 5) is 16.6. The zero-order chi connectivity index (χ0) is 14.0. The molecule has 4 nitrogen and oxygen atoms in total. The number of hydrogen-bond acceptors (Lipinski definition) is 3. The van der Waals surface area contributed by atoms with Crippen molar-refractivity contribution in [2.24, 2.45) is 0 Å². The maximum absolute atomic E-state index is 11.6. The summed E-state index contributed by atoms with van der Waals surface area (Å²) in [6.07, 6.45) is 1.67. The van der Waals surface area contributed by atoms with Gasteiger partial charge in [0.2, 0.25) is 0 Å². The summed E-state index contributed by atoms with van der Waals surface area (Å²) >= 11 is 1.54. The van der Waals surface area contributed by atoms with Crippen LogP contribution in [0.4, 0.5) is 0 Å². The highest BCUT2D eigenvalue weighted by Crippen LogP contribution is 2.28. The summed E-state index contributed by atoms with van der Waals surface area (Å²) in [6, 6.07) is 5.55. The van der Waals surface area contributed by atoms with Crippen molar-refractivity contribution in [3.63, 3.8) is 0 Å². The third-order valence-electron chi connectivity index (χ3n) is 3.03. The highest BCUT2D eigenvalue weighted by Gasteiger charge is 2.18. The summed E-state index contributed by atoms with van der Waals surface area (Å²) in [6.45, 7) is 5.86. The number of benzene rings is 1. The van der Waals surface area contributed by atoms with Crippen LogP contribution in [0.1, 0.15) is 28.7 Å². The number of aromatic nitrogens is 2. The fraction of sp³-hybridized carbons (Fsp3) is 0.286. The largest absolute Gasteiger partial charge is 0.478 e. The van der Waals surface area contributed by atoms with Crippen molar-refractivity contribution in [2.45, 2.75) is 25.7 Å². The highest BCUT2D eigenvalue weighted by molar-refractivity contribution is 7.99. The fourth-order valence-electron chi connectivity index (χ4n) is 1.95. The summed E-state index contributed by atoms with van der Waals surface area (Å²) < 4.78 is 1.83. The molecule has 5 heteroatoms. The van der Waals surface area contributed by atoms with Crippen LogP contribution in [0.2, 0.25) is 0 Å². The average molecular weight is 276 g/mol. The minimum absolute atomic E-state index is 0.342. The quantitative estimate of drug-likeness (QED) is 0.871. The molecule has 0 spiro atoms. The van der Waals surface area contributed by atoms with Gasteiger partial charge in [-0.3, -0.25) is 0 Å². The molecule has 19 heavy (non-hydrogen) atoms. The van der Waals surface area contributed by atoms with E-state index in [4.69, 9.17) is 0 Å². The SMILES string of the molecule is CCSc1cccc(-n2cnc(C)c2C)c1C(=O)O. The van der Waals surface area contributed by atoms with Gasteiger partial charge in [0, 0.05) is 10.6 Å². The van der Waals surface area contributed by atoms with Gasteiger partial charge < -0.3 is 9.67 Å². The first kappa shape index (κ1) is 13.7. The van der Waals surface area contributed by atoms with Gasteiger partial charge in [0.1, 0.15) is 0 Å². The predicted molar refractivity (Wildman–Crippen MR) is 76.4 cm³/mol. The monoisotopic (exact) mass is 276 g/mol. The molecule has 1 heterocycles. The van der Waals surface area contributed by atoms with Crippen LogP contribution >= 0.6 is 11.8 Å². The molecule has 100 valence electrons. The molecule has 0 aliphatic rings. The second-order valence-corrected chi connectivity index (χ2v) is 5.48. The molecule has 1 N–H and O–H groups in total. The van der Waals surface area contributed by atoms with Crippen LogP contribution in [0.15, 0.2) is 29.4 Å². The minimum Gasteiger partial charge on any atom is -0.478 e. The zero-order valence-corrected chi connectivity index (χ0v) is 12.0. The lowest BCUT2D eigenvalue weighted by atomic mass is 10.1. The van der Waals surface area contributed by atoms with Crippen LogP contribution in [-0.4, -0.2) is 26.4 Å². The van der Waals surface area contributed by atoms with Crippen molar-refractivity contribution < 1.29 is 9.90 Å². The molecular formula is C14H16N2O2S. The summed E-state index contributed by atoms with van der Waals surface area (Å²) in [5.41, 5.74) is 2.88. The van der Waals surface area contributed by atoms with Gasteiger partial charge in [-0.15, -0.1) is 11.8 Å². The Morgan fingerprint density at radius 3 is 2.68 bits per heavy atom. The lowest BCUT2D eigenvalue weighted by Gasteiger charge is -2.12. The molecule has 0 saturated heterocycles. The second kappa shape index (κ2) is 5.48. The van der Waals surface area contributed by atoms with Crippen LogP contribution in [0, 0.1) is 13.8 Å². The van der Waals surface area contributed by atoms with Crippen molar-refractivity contribution in [2.75, 3.05) is 5.75 Å². The number of carbonyl (C=O) groups is 1. The maximum atomic E-state index is 11.6. The number of imidazole rings is 1. The first-order chi connectivity index (χ1) is 9.06. The van der Waals surface area contributed by atoms with Crippen LogP contribution < -0.4 is 0 Å². The smallest absolute Gasteiger partial charge is 0.338 e. The summed E-state index contributed by atoms with van der Waals surface area (Å²) in [5, 5.41) is 9.49. The van der Waals surface area contributed by atoms with Crippen LogP contribution in [0.5, 0.6) is 0 Å². The van der Waals surface area contributed by atoms with Crippen molar-refractivity contribution in [1.82, 2.24) is 9.55 Å². The van der Waals surface area contributed by atoms with Gasteiger partial charge in [0.25, 0.3) is 0 Å². The zero-order valence-electron chi connectivity index (χ0n) is 11.2. The van der Waals surface area contributed by atoms with Crippen molar-refractivity contribution in [1.29, 1.82) is 0 Å². The Morgan fingerprint density at radius 2 is 2.16 bits per heavy atom. The van der Waals surface area contributed by atoms with E-state index in [0.29, 0.717) is 11.3 Å². The van der Waals surface area contributed by atoms with E-state index in [0.717, 1.165) is 22.0 Å². The molecule has 0 amide bonds. The molecule has 0 atom stereocenters. The van der Waals surface area contributed by atoms with Gasteiger partial charge in [-0.25, -0.2) is 9.78 Å². The van der Waals surface area contributed by atoms with Crippen LogP contribution in [-0.2, 0) is 0 Å². The number of nitrogens with zero attached hydrogens (tertiary/aromatic N) is 2. The summed E-state index contributed by atoms with van der Waals surface area (Å²) in [7, 11) is 0. The molecule has 0 bridgehead atoms. The topological polar surface area (TPSA) is 55.1 Å². The molecule has 0 unspecified atom stereocenters. The number of rotatable bonds is 4. The molecule has 0 aliphatic heterocycles. The number of carboxylic acids is 1. The van der Waals surface area contributed by atoms with E-state index < -0.39 is 5.97 Å². The highest BCUT2D eigenvalue weighted by atomic mass is 32.2. The van der Waals surface area contributed by atoms with Gasteiger partial charge >= 0.3 is 5.97 Å². The molecule has 0 radical (unpaired) electrons. The van der Waals surface area contributed by atoms with Gasteiger partial charge in [0.15, 0.2) is 0 Å². The number of thioether (sulfide) groups is 1. The van der Waals surface area contributed by atoms with Crippen LogP contribution in [0.25, 0.3) is 5.69 Å². The number of aryl methyl sites for hydroxylation is 1. The maximum Gasteiger partial charge on any atom is 0.338 e. The Hall–Kier alpha value is -1.75. The number of aromatic carboxylic acids is 1. The van der Waals surface area contributed by atoms with Crippen molar-refractivity contribution in [3.05, 3.63) is 41.5 Å². The molecular weight excluding hydrogens is 260 g/mol. The first-order valence-electron chi connectivity index (χ1n) is 6.06. The normalized spacial score (nSPS) is 10.7. The average Bonchev–Trinajstić information content (AvgIpc) is 2.70. The molecule has 0 saturated carbocycles. The fourth-order valence-corrected chi connectivity index (χ4v) is 2.77. The predicted octanol–water partition coefficient (Wildman–Crippen LogP) is 3.30. The van der Waals surface area contributed by atoms with Gasteiger partial charge in [0.05, 0.1) is 23.3 Å². The Balaban J connectivity index is 2.66. The van der Waals surface area contributed by atoms with E-state index in [-0.39, 0.29) is 0 Å². The molecule has 2 rings (SSSR count). The minimum atomic E-state index is -0.905. The first-order valence-corrected chi connectivity index (χ1v) is 7.04. The Labute approximate surface area is 116 Å². The Kier molecular flexibility index (Phi) is 3.95. The van der Waals surface area contributed by atoms with Gasteiger partial charge in [-0.2, -0.15) is 0 Å². The number of hydrogen-bond donors (Lipinski definition) is 1. The van der Waals surface area contributed by atoms with E-state index in [1.807, 2.05) is 43.5 Å². The van der Waals surface area contributed by atoms with Crippen molar-refractivity contribution in [3.8, 4) is 5.69 Å². The lowest BCUT2D eigenvalue weighted by Crippen LogP contribution is -2.08. The Morgan fingerprint density at radius 1 is 1.42 bits per heavy atom. The van der Waals surface area contributed by atoms with E-state index in [1.54, 1.807) is 6.33 Å². The third kappa shape index (κ3) is 2.51. The van der Waals surface area contributed by atoms with Gasteiger partial charge in [-0.1, -0.05) is 13.0 Å². The standard InChI is InChI=1S/C14H16N2O2S/c1-4-19-12-7-5-6-11(13(12)14(17)18)16-8-15-9(2)10(16)3/h5-8H,4H2,1-3H3,(H,17,18). The van der Waals surface area contributed by atoms with E-state index in [1.165, 1.54) is 11.8 Å². The Bertz CT molecular complexity index is 620. The van der Waals surface area contributed by atoms with E-state index >= 15 is 0 Å². The molecule has 1 aromatic carbocycles. The van der Waals surface area contributed by atoms with Gasteiger partial charge in [-0.05, 0) is 31.7 Å². The molecule has 0 aliphatic carbocycles. The van der Waals surface area contributed by atoms with Crippen molar-refractivity contribution >= 4 is 17.7 Å². The second-order valence-electron chi connectivity index (χ2n) is 4.17. The molecule has 1 aromatic heterocycles.